The summed E-state index contributed by atoms with van der Waals surface area (Å²) >= 11 is 0. The van der Waals surface area contributed by atoms with Crippen molar-refractivity contribution in [2.24, 2.45) is 0 Å². The first-order valence-corrected chi connectivity index (χ1v) is 6.36. The standard InChI is InChI=1S/C15H10F2N4O/c16-10-4-3-5-11(17)14(10)15(22)20-12-6-1-2-7-13(12)21-9-18-8-19-21/h1-9H,(H,20,22). The number of nitrogens with one attached hydrogen (secondary N) is 1. The molecule has 0 bridgehead atoms. The second-order valence-electron chi connectivity index (χ2n) is 4.41. The number of hydrogen-bond acceptors (Lipinski definition) is 3. The van der Waals surface area contributed by atoms with E-state index in [1.54, 1.807) is 24.3 Å². The molecule has 0 atom stereocenters. The number of hydrogen-bond donors (Lipinski definition) is 1. The van der Waals surface area contributed by atoms with E-state index in [0.717, 1.165) is 12.1 Å². The van der Waals surface area contributed by atoms with Gasteiger partial charge in [0.05, 0.1) is 11.4 Å². The Morgan fingerprint density at radius 3 is 2.45 bits per heavy atom. The molecule has 0 unspecified atom stereocenters. The molecule has 3 aromatic rings. The number of aromatic nitrogens is 3. The van der Waals surface area contributed by atoms with Crippen molar-refractivity contribution in [1.29, 1.82) is 0 Å². The lowest BCUT2D eigenvalue weighted by atomic mass is 10.1. The first-order chi connectivity index (χ1) is 10.7. The van der Waals surface area contributed by atoms with Crippen LogP contribution >= 0.6 is 0 Å². The molecule has 0 saturated heterocycles. The predicted molar refractivity (Wildman–Crippen MR) is 75.7 cm³/mol. The zero-order valence-electron chi connectivity index (χ0n) is 11.2. The van der Waals surface area contributed by atoms with E-state index in [1.807, 2.05) is 0 Å². The van der Waals surface area contributed by atoms with Crippen molar-refractivity contribution < 1.29 is 13.6 Å². The highest BCUT2D eigenvalue weighted by Crippen LogP contribution is 2.21. The summed E-state index contributed by atoms with van der Waals surface area (Å²) in [7, 11) is 0. The molecule has 1 N–H and O–H groups in total. The Morgan fingerprint density at radius 2 is 1.77 bits per heavy atom. The Hall–Kier alpha value is -3.09. The van der Waals surface area contributed by atoms with Gasteiger partial charge in [0.15, 0.2) is 0 Å². The van der Waals surface area contributed by atoms with Gasteiger partial charge < -0.3 is 5.32 Å². The van der Waals surface area contributed by atoms with Crippen molar-refractivity contribution >= 4 is 11.6 Å². The molecule has 110 valence electrons. The quantitative estimate of drug-likeness (QED) is 0.809. The summed E-state index contributed by atoms with van der Waals surface area (Å²) in [6.07, 6.45) is 2.80. The van der Waals surface area contributed by atoms with Gasteiger partial charge in [-0.3, -0.25) is 4.79 Å². The van der Waals surface area contributed by atoms with E-state index in [4.69, 9.17) is 0 Å². The minimum Gasteiger partial charge on any atom is -0.320 e. The van der Waals surface area contributed by atoms with E-state index < -0.39 is 23.1 Å². The van der Waals surface area contributed by atoms with Gasteiger partial charge in [-0.25, -0.2) is 18.4 Å². The molecule has 1 amide bonds. The molecule has 1 aromatic heterocycles. The minimum absolute atomic E-state index is 0.362. The van der Waals surface area contributed by atoms with Gasteiger partial charge in [-0.05, 0) is 24.3 Å². The highest BCUT2D eigenvalue weighted by Gasteiger charge is 2.18. The summed E-state index contributed by atoms with van der Waals surface area (Å²) in [5.41, 5.74) is 0.265. The van der Waals surface area contributed by atoms with Crippen LogP contribution in [0.3, 0.4) is 0 Å². The van der Waals surface area contributed by atoms with Crippen molar-refractivity contribution in [3.63, 3.8) is 0 Å². The van der Waals surface area contributed by atoms with Crippen molar-refractivity contribution in [2.45, 2.75) is 0 Å². The first-order valence-electron chi connectivity index (χ1n) is 6.36. The van der Waals surface area contributed by atoms with E-state index in [0.29, 0.717) is 11.4 Å². The van der Waals surface area contributed by atoms with Gasteiger partial charge in [-0.2, -0.15) is 5.10 Å². The van der Waals surface area contributed by atoms with Gasteiger partial charge in [0, 0.05) is 0 Å². The molecular formula is C15H10F2N4O. The number of benzene rings is 2. The van der Waals surface area contributed by atoms with Crippen LogP contribution in [-0.4, -0.2) is 20.7 Å². The summed E-state index contributed by atoms with van der Waals surface area (Å²) in [4.78, 5) is 16.0. The fourth-order valence-electron chi connectivity index (χ4n) is 2.01. The number of nitrogens with zero attached hydrogens (tertiary/aromatic N) is 3. The molecule has 7 heteroatoms. The van der Waals surface area contributed by atoms with Gasteiger partial charge in [0.25, 0.3) is 5.91 Å². The van der Waals surface area contributed by atoms with E-state index in [9.17, 15) is 13.6 Å². The summed E-state index contributed by atoms with van der Waals surface area (Å²) in [6.45, 7) is 0. The monoisotopic (exact) mass is 300 g/mol. The summed E-state index contributed by atoms with van der Waals surface area (Å²) < 4.78 is 28.7. The number of para-hydroxylation sites is 2. The topological polar surface area (TPSA) is 59.8 Å². The summed E-state index contributed by atoms with van der Waals surface area (Å²) in [5.74, 6) is -2.71. The maximum atomic E-state index is 13.6. The highest BCUT2D eigenvalue weighted by molar-refractivity contribution is 6.05. The average molecular weight is 300 g/mol. The molecule has 0 radical (unpaired) electrons. The van der Waals surface area contributed by atoms with Crippen LogP contribution in [0.25, 0.3) is 5.69 Å². The number of anilines is 1. The number of carbonyl (C=O) groups excluding carboxylic acids is 1. The molecule has 2 aromatic carbocycles. The SMILES string of the molecule is O=C(Nc1ccccc1-n1cncn1)c1c(F)cccc1F. The van der Waals surface area contributed by atoms with E-state index in [2.05, 4.69) is 15.4 Å². The average Bonchev–Trinajstić information content (AvgIpc) is 3.01. The molecule has 0 spiro atoms. The molecule has 0 saturated carbocycles. The first kappa shape index (κ1) is 13.9. The van der Waals surface area contributed by atoms with Crippen LogP contribution in [0.15, 0.2) is 55.1 Å². The molecule has 0 aliphatic heterocycles. The second kappa shape index (κ2) is 5.72. The minimum atomic E-state index is -0.921. The zero-order valence-corrected chi connectivity index (χ0v) is 11.2. The molecule has 5 nitrogen and oxygen atoms in total. The van der Waals surface area contributed by atoms with E-state index in [1.165, 1.54) is 23.4 Å². The summed E-state index contributed by atoms with van der Waals surface area (Å²) in [6, 6.07) is 9.99. The highest BCUT2D eigenvalue weighted by atomic mass is 19.1. The maximum Gasteiger partial charge on any atom is 0.261 e. The number of amides is 1. The van der Waals surface area contributed by atoms with Crippen LogP contribution in [0.2, 0.25) is 0 Å². The van der Waals surface area contributed by atoms with Crippen molar-refractivity contribution in [2.75, 3.05) is 5.32 Å². The van der Waals surface area contributed by atoms with Gasteiger partial charge in [0.1, 0.15) is 29.9 Å². The van der Waals surface area contributed by atoms with Crippen LogP contribution in [-0.2, 0) is 0 Å². The fourth-order valence-corrected chi connectivity index (χ4v) is 2.01. The van der Waals surface area contributed by atoms with Crippen LogP contribution in [0.5, 0.6) is 0 Å². The van der Waals surface area contributed by atoms with Gasteiger partial charge in [0.2, 0.25) is 0 Å². The van der Waals surface area contributed by atoms with Crippen LogP contribution in [0, 0.1) is 11.6 Å². The second-order valence-corrected chi connectivity index (χ2v) is 4.41. The molecule has 3 rings (SSSR count). The Kier molecular flexibility index (Phi) is 3.61. The third-order valence-corrected chi connectivity index (χ3v) is 3.01. The van der Waals surface area contributed by atoms with E-state index >= 15 is 0 Å². The smallest absolute Gasteiger partial charge is 0.261 e. The number of rotatable bonds is 3. The summed E-state index contributed by atoms with van der Waals surface area (Å²) in [5, 5.41) is 6.46. The maximum absolute atomic E-state index is 13.6. The van der Waals surface area contributed by atoms with Crippen LogP contribution in [0.1, 0.15) is 10.4 Å². The largest absolute Gasteiger partial charge is 0.320 e. The Labute approximate surface area is 124 Å². The normalized spacial score (nSPS) is 10.5. The van der Waals surface area contributed by atoms with Gasteiger partial charge >= 0.3 is 0 Å². The molecule has 1 heterocycles. The Bertz CT molecular complexity index is 798. The van der Waals surface area contributed by atoms with Crippen molar-refractivity contribution in [3.8, 4) is 5.69 Å². The molecule has 0 fully saturated rings. The van der Waals surface area contributed by atoms with E-state index in [-0.39, 0.29) is 0 Å². The molecule has 22 heavy (non-hydrogen) atoms. The fraction of sp³-hybridized carbons (Fsp3) is 0. The number of carbonyl (C=O) groups is 1. The van der Waals surface area contributed by atoms with Crippen molar-refractivity contribution in [1.82, 2.24) is 14.8 Å². The number of halogens is 2. The lowest BCUT2D eigenvalue weighted by Crippen LogP contribution is -2.17. The molecule has 0 aliphatic rings. The Balaban J connectivity index is 1.96. The van der Waals surface area contributed by atoms with Crippen molar-refractivity contribution in [3.05, 3.63) is 72.3 Å². The van der Waals surface area contributed by atoms with Gasteiger partial charge in [-0.1, -0.05) is 18.2 Å². The van der Waals surface area contributed by atoms with Crippen LogP contribution in [0.4, 0.5) is 14.5 Å². The van der Waals surface area contributed by atoms with Crippen LogP contribution < -0.4 is 5.32 Å². The third kappa shape index (κ3) is 2.56. The van der Waals surface area contributed by atoms with Gasteiger partial charge in [-0.15, -0.1) is 0 Å². The third-order valence-electron chi connectivity index (χ3n) is 3.01. The molecule has 0 aliphatic carbocycles. The molecular weight excluding hydrogens is 290 g/mol. The lowest BCUT2D eigenvalue weighted by Gasteiger charge is -2.11. The lowest BCUT2D eigenvalue weighted by molar-refractivity contribution is 0.101. The zero-order chi connectivity index (χ0) is 15.5. The predicted octanol–water partition coefficient (Wildman–Crippen LogP) is 2.80. The Morgan fingerprint density at radius 1 is 1.05 bits per heavy atom.